The number of ether oxygens (including phenoxy) is 4. The Balaban J connectivity index is 1.61. The summed E-state index contributed by atoms with van der Waals surface area (Å²) in [4.78, 5) is 13.8. The van der Waals surface area contributed by atoms with Gasteiger partial charge in [0.1, 0.15) is 6.10 Å². The minimum absolute atomic E-state index is 0.00124. The van der Waals surface area contributed by atoms with Crippen molar-refractivity contribution in [2.75, 3.05) is 7.11 Å². The highest BCUT2D eigenvalue weighted by molar-refractivity contribution is 5.83. The van der Waals surface area contributed by atoms with E-state index < -0.39 is 29.6 Å². The highest BCUT2D eigenvalue weighted by atomic mass is 19.4. The fourth-order valence-electron chi connectivity index (χ4n) is 8.62. The second-order valence-corrected chi connectivity index (χ2v) is 14.0. The Morgan fingerprint density at radius 1 is 1.07 bits per heavy atom. The SMILES string of the molecule is C=C[C@]1(C)C=C2[C@@H](OC(=O)[C@@](OC)(c3ccccc3)C(F)(F)F)C[C@H]3C(C)(C)C[C@@H]4OC(C)(C)O[C@@H]4[C@]3(C)[C@H]2CC1. The summed E-state index contributed by atoms with van der Waals surface area (Å²) in [5.41, 5.74) is -3.71. The monoisotopic (exact) mass is 576 g/mol. The minimum Gasteiger partial charge on any atom is -0.455 e. The standard InChI is InChI=1S/C33H43F3O5/c1-9-30(6)16-15-22-21(18-30)23(39-27(37)32(38-8,33(34,35)36)20-13-11-10-12-14-20)17-25-28(2,3)19-24-26(31(22,25)7)41-29(4,5)40-24/h9-14,18,22-26H,1,15-17,19H2,2-8H3/t22-,23-,24-,25-,26-,30-,31+,32-/m0/s1. The number of alkyl halides is 3. The summed E-state index contributed by atoms with van der Waals surface area (Å²) in [7, 11) is 0.903. The third kappa shape index (κ3) is 4.60. The van der Waals surface area contributed by atoms with Crippen molar-refractivity contribution in [1.29, 1.82) is 0 Å². The van der Waals surface area contributed by atoms with Gasteiger partial charge in [-0.1, -0.05) is 70.2 Å². The van der Waals surface area contributed by atoms with Gasteiger partial charge in [-0.05, 0) is 62.4 Å². The molecule has 1 saturated heterocycles. The van der Waals surface area contributed by atoms with Crippen molar-refractivity contribution in [3.63, 3.8) is 0 Å². The van der Waals surface area contributed by atoms with E-state index in [1.165, 1.54) is 24.3 Å². The molecular weight excluding hydrogens is 533 g/mol. The van der Waals surface area contributed by atoms with E-state index in [2.05, 4.69) is 40.3 Å². The first-order valence-electron chi connectivity index (χ1n) is 14.5. The number of methoxy groups -OCH3 is 1. The Hall–Kier alpha value is -2.16. The third-order valence-corrected chi connectivity index (χ3v) is 10.5. The van der Waals surface area contributed by atoms with E-state index in [1.54, 1.807) is 6.07 Å². The predicted octanol–water partition coefficient (Wildman–Crippen LogP) is 7.51. The lowest BCUT2D eigenvalue weighted by atomic mass is 9.43. The first-order chi connectivity index (χ1) is 18.9. The summed E-state index contributed by atoms with van der Waals surface area (Å²) in [6, 6.07) is 7.00. The van der Waals surface area contributed by atoms with E-state index in [0.29, 0.717) is 6.42 Å². The van der Waals surface area contributed by atoms with Crippen LogP contribution >= 0.6 is 0 Å². The smallest absolute Gasteiger partial charge is 0.432 e. The Kier molecular flexibility index (Phi) is 7.15. The minimum atomic E-state index is -5.04. The van der Waals surface area contributed by atoms with Crippen LogP contribution < -0.4 is 0 Å². The van der Waals surface area contributed by atoms with Gasteiger partial charge < -0.3 is 18.9 Å². The molecule has 0 amide bonds. The maximum atomic E-state index is 14.8. The fraction of sp³-hybridized carbons (Fsp3) is 0.667. The molecule has 1 aromatic carbocycles. The molecule has 0 unspecified atom stereocenters. The van der Waals surface area contributed by atoms with Gasteiger partial charge in [-0.3, -0.25) is 0 Å². The molecule has 1 aromatic rings. The van der Waals surface area contributed by atoms with E-state index in [4.69, 9.17) is 18.9 Å². The van der Waals surface area contributed by atoms with E-state index in [-0.39, 0.29) is 45.9 Å². The molecule has 8 atom stereocenters. The van der Waals surface area contributed by atoms with Gasteiger partial charge in [0.15, 0.2) is 5.79 Å². The van der Waals surface area contributed by atoms with E-state index in [9.17, 15) is 18.0 Å². The largest absolute Gasteiger partial charge is 0.455 e. The summed E-state index contributed by atoms with van der Waals surface area (Å²) >= 11 is 0. The second kappa shape index (κ2) is 9.68. The van der Waals surface area contributed by atoms with Gasteiger partial charge in [-0.15, -0.1) is 6.58 Å². The molecule has 8 heteroatoms. The number of halogens is 3. The molecule has 41 heavy (non-hydrogen) atoms. The van der Waals surface area contributed by atoms with Crippen LogP contribution in [0, 0.1) is 28.1 Å². The number of fused-ring (bicyclic) bond motifs is 5. The van der Waals surface area contributed by atoms with Crippen LogP contribution in [0.4, 0.5) is 13.2 Å². The molecule has 5 nitrogen and oxygen atoms in total. The van der Waals surface area contributed by atoms with Gasteiger partial charge in [0.05, 0.1) is 12.2 Å². The third-order valence-electron chi connectivity index (χ3n) is 10.5. The lowest BCUT2D eigenvalue weighted by molar-refractivity contribution is -0.279. The van der Waals surface area contributed by atoms with Gasteiger partial charge in [-0.25, -0.2) is 4.79 Å². The van der Waals surface area contributed by atoms with Gasteiger partial charge in [0.2, 0.25) is 0 Å². The molecule has 0 N–H and O–H groups in total. The number of carbonyl (C=O) groups excluding carboxylic acids is 1. The van der Waals surface area contributed by atoms with Gasteiger partial charge in [0.25, 0.3) is 5.60 Å². The lowest BCUT2D eigenvalue weighted by Crippen LogP contribution is -2.64. The topological polar surface area (TPSA) is 54.0 Å². The zero-order valence-electron chi connectivity index (χ0n) is 25.1. The van der Waals surface area contributed by atoms with Crippen molar-refractivity contribution in [1.82, 2.24) is 0 Å². The zero-order valence-corrected chi connectivity index (χ0v) is 25.1. The van der Waals surface area contributed by atoms with Crippen molar-refractivity contribution in [2.45, 2.75) is 103 Å². The summed E-state index contributed by atoms with van der Waals surface area (Å²) in [6.45, 7) is 16.6. The molecule has 0 aromatic heterocycles. The van der Waals surface area contributed by atoms with Crippen LogP contribution in [0.5, 0.6) is 0 Å². The van der Waals surface area contributed by atoms with Crippen LogP contribution in [-0.2, 0) is 29.3 Å². The van der Waals surface area contributed by atoms with Crippen LogP contribution in [-0.4, -0.2) is 43.4 Å². The molecule has 3 aliphatic carbocycles. The van der Waals surface area contributed by atoms with Crippen molar-refractivity contribution in [3.8, 4) is 0 Å². The number of carbonyl (C=O) groups is 1. The first-order valence-corrected chi connectivity index (χ1v) is 14.5. The normalized spacial score (nSPS) is 38.9. The van der Waals surface area contributed by atoms with E-state index in [0.717, 1.165) is 31.9 Å². The maximum Gasteiger partial charge on any atom is 0.432 e. The molecule has 5 rings (SSSR count). The molecule has 0 spiro atoms. The molecule has 1 aliphatic heterocycles. The van der Waals surface area contributed by atoms with Crippen LogP contribution in [0.25, 0.3) is 0 Å². The molecular formula is C33H43F3O5. The lowest BCUT2D eigenvalue weighted by Gasteiger charge is -2.63. The summed E-state index contributed by atoms with van der Waals surface area (Å²) < 4.78 is 68.4. The molecule has 0 radical (unpaired) electrons. The number of rotatable bonds is 5. The van der Waals surface area contributed by atoms with Crippen LogP contribution in [0.2, 0.25) is 0 Å². The van der Waals surface area contributed by atoms with Crippen molar-refractivity contribution in [3.05, 3.63) is 60.2 Å². The molecule has 226 valence electrons. The fourth-order valence-corrected chi connectivity index (χ4v) is 8.62. The van der Waals surface area contributed by atoms with Crippen LogP contribution in [0.3, 0.4) is 0 Å². The summed E-state index contributed by atoms with van der Waals surface area (Å²) in [5.74, 6) is -2.26. The Morgan fingerprint density at radius 3 is 2.32 bits per heavy atom. The second-order valence-electron chi connectivity index (χ2n) is 14.0. The van der Waals surface area contributed by atoms with Crippen molar-refractivity contribution >= 4 is 5.97 Å². The average molecular weight is 577 g/mol. The molecule has 2 saturated carbocycles. The molecule has 1 heterocycles. The summed E-state index contributed by atoms with van der Waals surface area (Å²) in [5, 5.41) is 0. The Morgan fingerprint density at radius 2 is 1.73 bits per heavy atom. The van der Waals surface area contributed by atoms with Gasteiger partial charge in [0, 0.05) is 23.5 Å². The van der Waals surface area contributed by atoms with Gasteiger partial charge >= 0.3 is 12.1 Å². The molecule has 3 fully saturated rings. The number of benzene rings is 1. The first kappa shape index (κ1) is 30.3. The number of allylic oxidation sites excluding steroid dienone is 2. The number of hydrogen-bond acceptors (Lipinski definition) is 5. The number of esters is 1. The highest BCUT2D eigenvalue weighted by Crippen LogP contribution is 2.67. The number of hydrogen-bond donors (Lipinski definition) is 0. The summed E-state index contributed by atoms with van der Waals surface area (Å²) in [6.07, 6.45) is 0.483. The highest BCUT2D eigenvalue weighted by Gasteiger charge is 2.69. The Labute approximate surface area is 241 Å². The van der Waals surface area contributed by atoms with Gasteiger partial charge in [-0.2, -0.15) is 13.2 Å². The van der Waals surface area contributed by atoms with E-state index in [1.807, 2.05) is 19.9 Å². The Bertz CT molecular complexity index is 1220. The molecule has 4 aliphatic rings. The van der Waals surface area contributed by atoms with Crippen molar-refractivity contribution < 1.29 is 36.9 Å². The van der Waals surface area contributed by atoms with Crippen LogP contribution in [0.15, 0.2) is 54.6 Å². The zero-order chi connectivity index (χ0) is 30.2. The average Bonchev–Trinajstić information content (AvgIpc) is 3.19. The molecule has 0 bridgehead atoms. The van der Waals surface area contributed by atoms with Crippen LogP contribution in [0.1, 0.15) is 72.8 Å². The maximum absolute atomic E-state index is 14.8. The van der Waals surface area contributed by atoms with E-state index >= 15 is 0 Å². The quantitative estimate of drug-likeness (QED) is 0.268. The van der Waals surface area contributed by atoms with Crippen molar-refractivity contribution in [2.24, 2.45) is 28.1 Å². The predicted molar refractivity (Wildman–Crippen MR) is 149 cm³/mol.